The van der Waals surface area contributed by atoms with Crippen molar-refractivity contribution in [2.24, 2.45) is 11.8 Å². The predicted molar refractivity (Wildman–Crippen MR) is 135 cm³/mol. The van der Waals surface area contributed by atoms with Gasteiger partial charge in [0.25, 0.3) is 17.4 Å². The molecule has 5 rings (SSSR count). The Hall–Kier alpha value is -3.92. The minimum atomic E-state index is -0.527. The summed E-state index contributed by atoms with van der Waals surface area (Å²) in [6, 6.07) is 9.18. The maximum Gasteiger partial charge on any atom is 0.263 e. The molecule has 0 radical (unpaired) electrons. The van der Waals surface area contributed by atoms with Crippen LogP contribution in [-0.2, 0) is 11.3 Å². The van der Waals surface area contributed by atoms with Crippen LogP contribution in [0.15, 0.2) is 47.5 Å². The maximum absolute atomic E-state index is 13.2. The van der Waals surface area contributed by atoms with Gasteiger partial charge in [0.05, 0.1) is 12.1 Å². The van der Waals surface area contributed by atoms with Crippen LogP contribution in [-0.4, -0.2) is 71.4 Å². The Labute approximate surface area is 208 Å². The molecule has 2 aromatic heterocycles. The van der Waals surface area contributed by atoms with Crippen molar-refractivity contribution in [1.29, 1.82) is 0 Å². The third-order valence-electron chi connectivity index (χ3n) is 7.22. The summed E-state index contributed by atoms with van der Waals surface area (Å²) in [5.74, 6) is -0.102. The van der Waals surface area contributed by atoms with E-state index in [1.807, 2.05) is 30.5 Å². The average Bonchev–Trinajstić information content (AvgIpc) is 3.23. The molecule has 3 heterocycles. The van der Waals surface area contributed by atoms with E-state index in [-0.39, 0.29) is 35.5 Å². The molecule has 10 heteroatoms. The number of pyridine rings is 1. The number of hydrogen-bond donors (Lipinski definition) is 4. The van der Waals surface area contributed by atoms with Crippen molar-refractivity contribution in [3.05, 3.63) is 69.8 Å². The number of amides is 3. The van der Waals surface area contributed by atoms with Crippen molar-refractivity contribution in [2.75, 3.05) is 33.2 Å². The Morgan fingerprint density at radius 3 is 2.61 bits per heavy atom. The second-order valence-electron chi connectivity index (χ2n) is 9.58. The van der Waals surface area contributed by atoms with Crippen molar-refractivity contribution in [2.45, 2.75) is 19.5 Å². The van der Waals surface area contributed by atoms with Crippen LogP contribution in [0, 0.1) is 11.8 Å². The summed E-state index contributed by atoms with van der Waals surface area (Å²) in [5, 5.41) is 9.39. The number of nitrogens with one attached hydrogen (secondary N) is 4. The van der Waals surface area contributed by atoms with Crippen LogP contribution in [0.4, 0.5) is 0 Å². The number of aromatic nitrogens is 2. The number of benzene rings is 1. The van der Waals surface area contributed by atoms with Gasteiger partial charge in [0.2, 0.25) is 5.91 Å². The molecule has 36 heavy (non-hydrogen) atoms. The average molecular weight is 491 g/mol. The Bertz CT molecular complexity index is 1380. The molecule has 3 amide bonds. The highest BCUT2D eigenvalue weighted by atomic mass is 16.2. The minimum Gasteiger partial charge on any atom is -0.361 e. The summed E-state index contributed by atoms with van der Waals surface area (Å²) in [6.45, 7) is 4.90. The van der Waals surface area contributed by atoms with Crippen molar-refractivity contribution >= 4 is 28.6 Å². The first-order valence-electron chi connectivity index (χ1n) is 12.1. The second-order valence-corrected chi connectivity index (χ2v) is 9.58. The molecule has 0 bridgehead atoms. The lowest BCUT2D eigenvalue weighted by atomic mass is 10.1. The van der Waals surface area contributed by atoms with Gasteiger partial charge in [-0.3, -0.25) is 19.2 Å². The molecule has 0 unspecified atom stereocenters. The number of H-pyrrole nitrogens is 1. The Balaban J connectivity index is 1.31. The number of aromatic amines is 1. The van der Waals surface area contributed by atoms with Gasteiger partial charge in [0, 0.05) is 69.5 Å². The van der Waals surface area contributed by atoms with E-state index in [1.54, 1.807) is 0 Å². The molecule has 3 atom stereocenters. The fourth-order valence-corrected chi connectivity index (χ4v) is 5.28. The molecule has 1 saturated carbocycles. The molecule has 3 aromatic rings. The first kappa shape index (κ1) is 23.8. The number of fused-ring (bicyclic) bond motifs is 2. The van der Waals surface area contributed by atoms with Gasteiger partial charge < -0.3 is 30.4 Å². The quantitative estimate of drug-likeness (QED) is 0.366. The summed E-state index contributed by atoms with van der Waals surface area (Å²) in [4.78, 5) is 55.2. The summed E-state index contributed by atoms with van der Waals surface area (Å²) in [7, 11) is 1.46. The lowest BCUT2D eigenvalue weighted by Gasteiger charge is -2.20. The topological polar surface area (TPSA) is 128 Å². The number of piperidine rings is 1. The standard InChI is InChI=1S/C26H30N6O4/c1-15(33)28-8-9-31-13-20-21(14-31)23(20)30-24(34)17-10-19(25(35)27-2)26(36)32(12-17)11-16-4-3-5-22-18(16)6-7-29-22/h3-7,10,12,20-21,23,29H,8-9,11,13-14H2,1-2H3,(H,27,35)(H,28,33)(H,30,34)/t20-,21+,23-. The monoisotopic (exact) mass is 490 g/mol. The van der Waals surface area contributed by atoms with Gasteiger partial charge >= 0.3 is 0 Å². The highest BCUT2D eigenvalue weighted by Gasteiger charge is 2.56. The van der Waals surface area contributed by atoms with Gasteiger partial charge in [-0.1, -0.05) is 12.1 Å². The van der Waals surface area contributed by atoms with Crippen molar-refractivity contribution in [3.8, 4) is 0 Å². The molecule has 1 aromatic carbocycles. The molecule has 1 saturated heterocycles. The molecule has 1 aliphatic carbocycles. The number of carbonyl (C=O) groups is 3. The van der Waals surface area contributed by atoms with E-state index in [0.29, 0.717) is 18.4 Å². The van der Waals surface area contributed by atoms with Gasteiger partial charge in [-0.05, 0) is 35.6 Å². The van der Waals surface area contributed by atoms with E-state index in [9.17, 15) is 19.2 Å². The number of carbonyl (C=O) groups excluding carboxylic acids is 3. The third-order valence-corrected chi connectivity index (χ3v) is 7.22. The second kappa shape index (κ2) is 9.62. The predicted octanol–water partition coefficient (Wildman–Crippen LogP) is 0.534. The summed E-state index contributed by atoms with van der Waals surface area (Å²) >= 11 is 0. The summed E-state index contributed by atoms with van der Waals surface area (Å²) in [6.07, 6.45) is 3.37. The number of hydrogen-bond acceptors (Lipinski definition) is 5. The van der Waals surface area contributed by atoms with Gasteiger partial charge in [-0.2, -0.15) is 0 Å². The third kappa shape index (κ3) is 4.64. The first-order chi connectivity index (χ1) is 17.4. The lowest BCUT2D eigenvalue weighted by Crippen LogP contribution is -2.39. The minimum absolute atomic E-state index is 0.0354. The van der Waals surface area contributed by atoms with Gasteiger partial charge in [-0.15, -0.1) is 0 Å². The lowest BCUT2D eigenvalue weighted by molar-refractivity contribution is -0.119. The van der Waals surface area contributed by atoms with E-state index in [4.69, 9.17) is 0 Å². The normalized spacial score (nSPS) is 20.7. The van der Waals surface area contributed by atoms with Crippen LogP contribution in [0.3, 0.4) is 0 Å². The molecule has 2 fully saturated rings. The Kier molecular flexibility index (Phi) is 6.36. The molecule has 4 N–H and O–H groups in total. The van der Waals surface area contributed by atoms with E-state index >= 15 is 0 Å². The maximum atomic E-state index is 13.2. The zero-order valence-electron chi connectivity index (χ0n) is 20.3. The fraction of sp³-hybridized carbons (Fsp3) is 0.385. The number of rotatable bonds is 8. The molecule has 2 aliphatic rings. The van der Waals surface area contributed by atoms with Crippen LogP contribution in [0.25, 0.3) is 10.9 Å². The van der Waals surface area contributed by atoms with Crippen LogP contribution in [0.2, 0.25) is 0 Å². The molecular weight excluding hydrogens is 460 g/mol. The zero-order valence-corrected chi connectivity index (χ0v) is 20.3. The van der Waals surface area contributed by atoms with Crippen molar-refractivity contribution < 1.29 is 14.4 Å². The first-order valence-corrected chi connectivity index (χ1v) is 12.1. The molecule has 0 spiro atoms. The molecule has 188 valence electrons. The van der Waals surface area contributed by atoms with Crippen LogP contribution in [0.1, 0.15) is 33.2 Å². The number of nitrogens with zero attached hydrogens (tertiary/aromatic N) is 2. The van der Waals surface area contributed by atoms with E-state index < -0.39 is 11.5 Å². The molecule has 1 aliphatic heterocycles. The SMILES string of the molecule is CNC(=O)c1cc(C(=O)N[C@@H]2[C@@H]3CN(CCNC(C)=O)C[C@@H]32)cn(Cc2cccc3[nH]ccc23)c1=O. The highest BCUT2D eigenvalue weighted by molar-refractivity contribution is 5.99. The van der Waals surface area contributed by atoms with Crippen LogP contribution >= 0.6 is 0 Å². The van der Waals surface area contributed by atoms with Gasteiger partial charge in [0.15, 0.2) is 0 Å². The molecular formula is C26H30N6O4. The summed E-state index contributed by atoms with van der Waals surface area (Å²) < 4.78 is 1.43. The van der Waals surface area contributed by atoms with E-state index in [1.165, 1.54) is 30.8 Å². The molecule has 10 nitrogen and oxygen atoms in total. The number of likely N-dealkylation sites (tertiary alicyclic amines) is 1. The van der Waals surface area contributed by atoms with E-state index in [2.05, 4.69) is 25.8 Å². The Morgan fingerprint density at radius 2 is 1.89 bits per heavy atom. The Morgan fingerprint density at radius 1 is 1.11 bits per heavy atom. The largest absolute Gasteiger partial charge is 0.361 e. The highest BCUT2D eigenvalue weighted by Crippen LogP contribution is 2.45. The summed E-state index contributed by atoms with van der Waals surface area (Å²) in [5.41, 5.74) is 1.63. The van der Waals surface area contributed by atoms with Gasteiger partial charge in [-0.25, -0.2) is 0 Å². The van der Waals surface area contributed by atoms with Crippen LogP contribution < -0.4 is 21.5 Å². The zero-order chi connectivity index (χ0) is 25.4. The van der Waals surface area contributed by atoms with Gasteiger partial charge in [0.1, 0.15) is 5.56 Å². The van der Waals surface area contributed by atoms with Crippen LogP contribution in [0.5, 0.6) is 0 Å². The smallest absolute Gasteiger partial charge is 0.263 e. The fourth-order valence-electron chi connectivity index (χ4n) is 5.28. The van der Waals surface area contributed by atoms with Crippen molar-refractivity contribution in [1.82, 2.24) is 30.4 Å². The van der Waals surface area contributed by atoms with Crippen molar-refractivity contribution in [3.63, 3.8) is 0 Å². The van der Waals surface area contributed by atoms with E-state index in [0.717, 1.165) is 36.1 Å².